The van der Waals surface area contributed by atoms with Crippen molar-refractivity contribution in [2.75, 3.05) is 23.7 Å². The molecule has 27 heavy (non-hydrogen) atoms. The molecule has 2 fully saturated rings. The Hall–Kier alpha value is -1.50. The van der Waals surface area contributed by atoms with Crippen molar-refractivity contribution in [3.05, 3.63) is 63.6 Å². The van der Waals surface area contributed by atoms with E-state index in [4.69, 9.17) is 11.6 Å². The molecule has 0 saturated carbocycles. The number of hydrogen-bond acceptors (Lipinski definition) is 3. The van der Waals surface area contributed by atoms with Gasteiger partial charge < -0.3 is 4.90 Å². The molecule has 2 aromatic carbocycles. The molecule has 0 N–H and O–H groups in total. The Balaban J connectivity index is 1.51. The van der Waals surface area contributed by atoms with E-state index in [0.717, 1.165) is 23.0 Å². The number of hydrogen-bond donors (Lipinski definition) is 0. The number of amides is 2. The van der Waals surface area contributed by atoms with Crippen molar-refractivity contribution in [3.8, 4) is 0 Å². The lowest BCUT2D eigenvalue weighted by Gasteiger charge is -2.44. The zero-order valence-corrected chi connectivity index (χ0v) is 17.7. The number of halogens is 2. The normalized spacial score (nSPS) is 19.0. The second-order valence-corrected chi connectivity index (χ2v) is 9.43. The minimum absolute atomic E-state index is 0.0460. The second-order valence-electron chi connectivity index (χ2n) is 6.74. The van der Waals surface area contributed by atoms with Crippen LogP contribution in [0.15, 0.2) is 53.0 Å². The fraction of sp³-hybridized carbons (Fsp3) is 0.300. The van der Waals surface area contributed by atoms with Gasteiger partial charge in [-0.05, 0) is 61.4 Å². The number of nitrogens with zero attached hydrogens (tertiary/aromatic N) is 2. The molecule has 4 nitrogen and oxygen atoms in total. The maximum atomic E-state index is 12.8. The minimum Gasteiger partial charge on any atom is -0.338 e. The van der Waals surface area contributed by atoms with E-state index in [1.54, 1.807) is 11.8 Å². The van der Waals surface area contributed by atoms with Gasteiger partial charge in [0.15, 0.2) is 0 Å². The number of carbonyl (C=O) groups excluding carboxylic acids is 2. The van der Waals surface area contributed by atoms with E-state index >= 15 is 0 Å². The highest BCUT2D eigenvalue weighted by Crippen LogP contribution is 2.47. The van der Waals surface area contributed by atoms with Gasteiger partial charge in [-0.25, -0.2) is 0 Å². The van der Waals surface area contributed by atoms with Crippen LogP contribution in [0.5, 0.6) is 0 Å². The molecule has 2 aliphatic heterocycles. The zero-order chi connectivity index (χ0) is 19.0. The third kappa shape index (κ3) is 3.62. The molecule has 140 valence electrons. The van der Waals surface area contributed by atoms with Crippen LogP contribution in [-0.4, -0.2) is 40.4 Å². The molecule has 7 heteroatoms. The van der Waals surface area contributed by atoms with Crippen molar-refractivity contribution in [2.24, 2.45) is 0 Å². The van der Waals surface area contributed by atoms with E-state index in [0.29, 0.717) is 29.4 Å². The Morgan fingerprint density at radius 1 is 1.04 bits per heavy atom. The van der Waals surface area contributed by atoms with Crippen LogP contribution in [-0.2, 0) is 4.79 Å². The number of likely N-dealkylation sites (tertiary alicyclic amines) is 1. The highest BCUT2D eigenvalue weighted by molar-refractivity contribution is 9.10. The molecule has 1 spiro atoms. The lowest BCUT2D eigenvalue weighted by Crippen LogP contribution is -2.53. The Kier molecular flexibility index (Phi) is 5.23. The average Bonchev–Trinajstić information content (AvgIpc) is 2.99. The number of rotatable bonds is 2. The summed E-state index contributed by atoms with van der Waals surface area (Å²) in [5.41, 5.74) is 1.57. The predicted octanol–water partition coefficient (Wildman–Crippen LogP) is 4.81. The SMILES string of the molecule is O=C(c1ccc(Br)cc1)N1CCC2(CC1)SCC(=O)N2c1ccc(Cl)cc1. The van der Waals surface area contributed by atoms with Gasteiger partial charge >= 0.3 is 0 Å². The Morgan fingerprint density at radius 3 is 2.30 bits per heavy atom. The molecular weight excluding hydrogens is 448 g/mol. The van der Waals surface area contributed by atoms with Crippen LogP contribution in [0.2, 0.25) is 5.02 Å². The largest absolute Gasteiger partial charge is 0.338 e. The van der Waals surface area contributed by atoms with Gasteiger partial charge in [-0.2, -0.15) is 0 Å². The van der Waals surface area contributed by atoms with Crippen LogP contribution < -0.4 is 4.90 Å². The molecule has 2 amide bonds. The lowest BCUT2D eigenvalue weighted by molar-refractivity contribution is -0.116. The summed E-state index contributed by atoms with van der Waals surface area (Å²) >= 11 is 11.1. The third-order valence-electron chi connectivity index (χ3n) is 5.13. The average molecular weight is 466 g/mol. The minimum atomic E-state index is -0.276. The van der Waals surface area contributed by atoms with Gasteiger partial charge in [-0.3, -0.25) is 14.5 Å². The molecule has 4 rings (SSSR count). The van der Waals surface area contributed by atoms with Crippen molar-refractivity contribution < 1.29 is 9.59 Å². The molecule has 2 heterocycles. The summed E-state index contributed by atoms with van der Waals surface area (Å²) in [7, 11) is 0. The van der Waals surface area contributed by atoms with E-state index in [-0.39, 0.29) is 16.7 Å². The molecule has 0 atom stereocenters. The molecule has 0 aromatic heterocycles. The fourth-order valence-corrected chi connectivity index (χ4v) is 5.44. The standard InChI is InChI=1S/C20H18BrClN2O2S/c21-15-3-1-14(2-4-15)19(26)23-11-9-20(10-12-23)24(18(25)13-27-20)17-7-5-16(22)6-8-17/h1-8H,9-13H2. The second kappa shape index (κ2) is 7.49. The third-order valence-corrected chi connectivity index (χ3v) is 7.43. The Bertz CT molecular complexity index is 865. The van der Waals surface area contributed by atoms with Gasteiger partial charge in [0.2, 0.25) is 5.91 Å². The number of carbonyl (C=O) groups is 2. The van der Waals surface area contributed by atoms with E-state index in [1.807, 2.05) is 58.3 Å². The highest BCUT2D eigenvalue weighted by Gasteiger charge is 2.49. The van der Waals surface area contributed by atoms with E-state index in [2.05, 4.69) is 15.9 Å². The first-order chi connectivity index (χ1) is 13.0. The molecule has 0 aliphatic carbocycles. The Morgan fingerprint density at radius 2 is 1.67 bits per heavy atom. The van der Waals surface area contributed by atoms with Gasteiger partial charge in [0.25, 0.3) is 5.91 Å². The first kappa shape index (κ1) is 18.8. The molecule has 0 bridgehead atoms. The van der Waals surface area contributed by atoms with Gasteiger partial charge in [-0.15, -0.1) is 11.8 Å². The van der Waals surface area contributed by atoms with Crippen LogP contribution in [0.25, 0.3) is 0 Å². The summed E-state index contributed by atoms with van der Waals surface area (Å²) in [5, 5.41) is 0.655. The smallest absolute Gasteiger partial charge is 0.253 e. The lowest BCUT2D eigenvalue weighted by atomic mass is 10.00. The van der Waals surface area contributed by atoms with Gasteiger partial charge in [0.1, 0.15) is 0 Å². The van der Waals surface area contributed by atoms with E-state index in [9.17, 15) is 9.59 Å². The summed E-state index contributed by atoms with van der Waals surface area (Å²) in [6.07, 6.45) is 1.52. The summed E-state index contributed by atoms with van der Waals surface area (Å²) < 4.78 is 0.955. The topological polar surface area (TPSA) is 40.6 Å². The fourth-order valence-electron chi connectivity index (χ4n) is 3.72. The van der Waals surface area contributed by atoms with Crippen molar-refractivity contribution >= 4 is 56.8 Å². The van der Waals surface area contributed by atoms with Crippen molar-refractivity contribution in [1.29, 1.82) is 0 Å². The molecular formula is C20H18BrClN2O2S. The van der Waals surface area contributed by atoms with E-state index in [1.165, 1.54) is 0 Å². The highest BCUT2D eigenvalue weighted by atomic mass is 79.9. The summed E-state index contributed by atoms with van der Waals surface area (Å²) in [5.74, 6) is 0.642. The monoisotopic (exact) mass is 464 g/mol. The number of thioether (sulfide) groups is 1. The van der Waals surface area contributed by atoms with Crippen LogP contribution in [0.4, 0.5) is 5.69 Å². The number of benzene rings is 2. The molecule has 0 radical (unpaired) electrons. The molecule has 2 aromatic rings. The molecule has 2 aliphatic rings. The zero-order valence-electron chi connectivity index (χ0n) is 14.5. The summed E-state index contributed by atoms with van der Waals surface area (Å²) in [6.45, 7) is 1.28. The predicted molar refractivity (Wildman–Crippen MR) is 113 cm³/mol. The molecule has 0 unspecified atom stereocenters. The van der Waals surface area contributed by atoms with Gasteiger partial charge in [0.05, 0.1) is 10.6 Å². The molecule has 2 saturated heterocycles. The first-order valence-corrected chi connectivity index (χ1v) is 10.9. The van der Waals surface area contributed by atoms with Crippen molar-refractivity contribution in [1.82, 2.24) is 4.90 Å². The summed E-state index contributed by atoms with van der Waals surface area (Å²) in [4.78, 5) is 28.9. The van der Waals surface area contributed by atoms with Crippen LogP contribution >= 0.6 is 39.3 Å². The number of piperidine rings is 1. The Labute approximate surface area is 176 Å². The first-order valence-electron chi connectivity index (χ1n) is 8.76. The van der Waals surface area contributed by atoms with Crippen LogP contribution in [0.3, 0.4) is 0 Å². The maximum absolute atomic E-state index is 12.8. The van der Waals surface area contributed by atoms with E-state index < -0.39 is 0 Å². The maximum Gasteiger partial charge on any atom is 0.253 e. The van der Waals surface area contributed by atoms with Crippen molar-refractivity contribution in [3.63, 3.8) is 0 Å². The van der Waals surface area contributed by atoms with Crippen molar-refractivity contribution in [2.45, 2.75) is 17.7 Å². The summed E-state index contributed by atoms with van der Waals surface area (Å²) in [6, 6.07) is 14.9. The van der Waals surface area contributed by atoms with Crippen LogP contribution in [0.1, 0.15) is 23.2 Å². The van der Waals surface area contributed by atoms with Gasteiger partial charge in [0, 0.05) is 33.8 Å². The quantitative estimate of drug-likeness (QED) is 0.639. The van der Waals surface area contributed by atoms with Crippen LogP contribution in [0, 0.1) is 0 Å². The van der Waals surface area contributed by atoms with Gasteiger partial charge in [-0.1, -0.05) is 27.5 Å². The number of anilines is 1.